The highest BCUT2D eigenvalue weighted by Crippen LogP contribution is 2.36. The van der Waals surface area contributed by atoms with E-state index in [0.717, 1.165) is 30.5 Å². The number of rotatable bonds is 7. The molecule has 20 heavy (non-hydrogen) atoms. The van der Waals surface area contributed by atoms with E-state index in [1.807, 2.05) is 12.3 Å². The van der Waals surface area contributed by atoms with Gasteiger partial charge in [0.15, 0.2) is 0 Å². The summed E-state index contributed by atoms with van der Waals surface area (Å²) in [5.41, 5.74) is 1.14. The van der Waals surface area contributed by atoms with Gasteiger partial charge in [-0.2, -0.15) is 0 Å². The van der Waals surface area contributed by atoms with Crippen LogP contribution in [-0.2, 0) is 6.54 Å². The maximum absolute atomic E-state index is 4.77. The molecule has 1 aliphatic rings. The van der Waals surface area contributed by atoms with Gasteiger partial charge in [-0.05, 0) is 50.6 Å². The van der Waals surface area contributed by atoms with E-state index in [1.165, 1.54) is 44.9 Å². The lowest BCUT2D eigenvalue weighted by Crippen LogP contribution is -2.18. The molecular weight excluding hydrogens is 246 g/mol. The first-order chi connectivity index (χ1) is 9.83. The van der Waals surface area contributed by atoms with Crippen LogP contribution in [0.3, 0.4) is 0 Å². The van der Waals surface area contributed by atoms with Crippen molar-refractivity contribution in [2.24, 2.45) is 5.92 Å². The van der Waals surface area contributed by atoms with Gasteiger partial charge in [-0.25, -0.2) is 9.97 Å². The van der Waals surface area contributed by atoms with Crippen molar-refractivity contribution in [3.63, 3.8) is 0 Å². The maximum Gasteiger partial charge on any atom is 0.131 e. The normalized spacial score (nSPS) is 22.9. The first kappa shape index (κ1) is 15.4. The highest BCUT2D eigenvalue weighted by atomic mass is 14.9. The predicted molar refractivity (Wildman–Crippen MR) is 83.6 cm³/mol. The Morgan fingerprint density at radius 1 is 1.15 bits per heavy atom. The summed E-state index contributed by atoms with van der Waals surface area (Å²) in [6, 6.07) is 2.04. The summed E-state index contributed by atoms with van der Waals surface area (Å²) in [6.07, 6.45) is 11.1. The zero-order valence-electron chi connectivity index (χ0n) is 13.1. The van der Waals surface area contributed by atoms with Gasteiger partial charge in [0, 0.05) is 18.7 Å². The number of nitrogens with one attached hydrogen (secondary N) is 1. The van der Waals surface area contributed by atoms with Gasteiger partial charge in [-0.3, -0.25) is 0 Å². The zero-order chi connectivity index (χ0) is 14.2. The van der Waals surface area contributed by atoms with Crippen molar-refractivity contribution >= 4 is 0 Å². The van der Waals surface area contributed by atoms with Crippen molar-refractivity contribution in [1.29, 1.82) is 0 Å². The summed E-state index contributed by atoms with van der Waals surface area (Å²) in [5, 5.41) is 3.42. The number of aromatic nitrogens is 2. The fraction of sp³-hybridized carbons (Fsp3) is 0.765. The van der Waals surface area contributed by atoms with E-state index < -0.39 is 0 Å². The molecule has 3 heteroatoms. The molecule has 1 aromatic heterocycles. The molecule has 112 valence electrons. The number of nitrogens with zero attached hydrogens (tertiary/aromatic N) is 2. The molecule has 1 saturated carbocycles. The van der Waals surface area contributed by atoms with Crippen molar-refractivity contribution < 1.29 is 0 Å². The van der Waals surface area contributed by atoms with Crippen molar-refractivity contribution in [1.82, 2.24) is 15.3 Å². The van der Waals surface area contributed by atoms with Gasteiger partial charge in [0.2, 0.25) is 0 Å². The summed E-state index contributed by atoms with van der Waals surface area (Å²) >= 11 is 0. The second kappa shape index (κ2) is 8.35. The molecule has 0 aliphatic heterocycles. The van der Waals surface area contributed by atoms with Gasteiger partial charge in [0.1, 0.15) is 5.82 Å². The minimum absolute atomic E-state index is 0.592. The first-order valence-electron chi connectivity index (χ1n) is 8.36. The van der Waals surface area contributed by atoms with Crippen LogP contribution < -0.4 is 5.32 Å². The van der Waals surface area contributed by atoms with E-state index in [1.54, 1.807) is 0 Å². The Morgan fingerprint density at radius 2 is 1.95 bits per heavy atom. The van der Waals surface area contributed by atoms with Crippen LogP contribution in [-0.4, -0.2) is 16.5 Å². The molecule has 0 bridgehead atoms. The van der Waals surface area contributed by atoms with Crippen LogP contribution in [0.4, 0.5) is 0 Å². The predicted octanol–water partition coefficient (Wildman–Crippen LogP) is 4.05. The molecule has 0 aromatic carbocycles. The van der Waals surface area contributed by atoms with Gasteiger partial charge < -0.3 is 5.32 Å². The summed E-state index contributed by atoms with van der Waals surface area (Å²) in [4.78, 5) is 9.29. The Morgan fingerprint density at radius 3 is 2.65 bits per heavy atom. The Bertz CT molecular complexity index is 384. The average Bonchev–Trinajstić information content (AvgIpc) is 2.49. The lowest BCUT2D eigenvalue weighted by Gasteiger charge is -2.27. The molecule has 1 N–H and O–H groups in total. The monoisotopic (exact) mass is 275 g/mol. The number of hydrogen-bond donors (Lipinski definition) is 1. The molecule has 0 saturated heterocycles. The van der Waals surface area contributed by atoms with E-state index in [2.05, 4.69) is 24.1 Å². The molecule has 1 heterocycles. The van der Waals surface area contributed by atoms with E-state index in [-0.39, 0.29) is 0 Å². The third-order valence-electron chi connectivity index (χ3n) is 4.37. The number of hydrogen-bond acceptors (Lipinski definition) is 3. The van der Waals surface area contributed by atoms with Crippen LogP contribution in [0.5, 0.6) is 0 Å². The second-order valence-corrected chi connectivity index (χ2v) is 6.09. The van der Waals surface area contributed by atoms with E-state index in [0.29, 0.717) is 5.92 Å². The standard InChI is InChI=1S/C17H29N3/c1-3-5-14-6-8-15(9-7-14)17-19-12-10-16(20-17)13-18-11-4-2/h10,12,14-15,18H,3-9,11,13H2,1-2H3. The topological polar surface area (TPSA) is 37.8 Å². The molecule has 0 unspecified atom stereocenters. The third-order valence-corrected chi connectivity index (χ3v) is 4.37. The molecule has 2 rings (SSSR count). The van der Waals surface area contributed by atoms with Crippen LogP contribution in [0, 0.1) is 5.92 Å². The Hall–Kier alpha value is -0.960. The molecule has 0 amide bonds. The fourth-order valence-corrected chi connectivity index (χ4v) is 3.22. The maximum atomic E-state index is 4.77. The van der Waals surface area contributed by atoms with Crippen LogP contribution in [0.2, 0.25) is 0 Å². The second-order valence-electron chi connectivity index (χ2n) is 6.09. The minimum Gasteiger partial charge on any atom is -0.311 e. The van der Waals surface area contributed by atoms with Crippen molar-refractivity contribution in [2.45, 2.75) is 71.3 Å². The van der Waals surface area contributed by atoms with Crippen LogP contribution >= 0.6 is 0 Å². The largest absolute Gasteiger partial charge is 0.311 e. The minimum atomic E-state index is 0.592. The third kappa shape index (κ3) is 4.55. The smallest absolute Gasteiger partial charge is 0.131 e. The molecule has 3 nitrogen and oxygen atoms in total. The summed E-state index contributed by atoms with van der Waals surface area (Å²) in [6.45, 7) is 6.41. The quantitative estimate of drug-likeness (QED) is 0.763. The SMILES string of the molecule is CCCNCc1ccnc(C2CCC(CCC)CC2)n1. The lowest BCUT2D eigenvalue weighted by atomic mass is 9.80. The van der Waals surface area contributed by atoms with Gasteiger partial charge >= 0.3 is 0 Å². The molecule has 0 radical (unpaired) electrons. The summed E-state index contributed by atoms with van der Waals surface area (Å²) in [7, 11) is 0. The van der Waals surface area contributed by atoms with Crippen LogP contribution in [0.1, 0.15) is 76.2 Å². The van der Waals surface area contributed by atoms with Crippen LogP contribution in [0.15, 0.2) is 12.3 Å². The molecule has 0 atom stereocenters. The molecule has 1 fully saturated rings. The van der Waals surface area contributed by atoms with Crippen molar-refractivity contribution in [3.05, 3.63) is 23.8 Å². The summed E-state index contributed by atoms with van der Waals surface area (Å²) < 4.78 is 0. The fourth-order valence-electron chi connectivity index (χ4n) is 3.22. The van der Waals surface area contributed by atoms with E-state index in [4.69, 9.17) is 4.98 Å². The van der Waals surface area contributed by atoms with E-state index in [9.17, 15) is 0 Å². The van der Waals surface area contributed by atoms with Crippen molar-refractivity contribution in [2.75, 3.05) is 6.54 Å². The molecular formula is C17H29N3. The Labute approximate surface area is 123 Å². The molecule has 1 aliphatic carbocycles. The molecule has 0 spiro atoms. The zero-order valence-corrected chi connectivity index (χ0v) is 13.1. The lowest BCUT2D eigenvalue weighted by molar-refractivity contribution is 0.302. The van der Waals surface area contributed by atoms with Gasteiger partial charge in [0.25, 0.3) is 0 Å². The van der Waals surface area contributed by atoms with Gasteiger partial charge in [-0.15, -0.1) is 0 Å². The van der Waals surface area contributed by atoms with Crippen LogP contribution in [0.25, 0.3) is 0 Å². The summed E-state index contributed by atoms with van der Waals surface area (Å²) in [5.74, 6) is 2.62. The van der Waals surface area contributed by atoms with Gasteiger partial charge in [0.05, 0.1) is 5.69 Å². The molecule has 1 aromatic rings. The van der Waals surface area contributed by atoms with E-state index >= 15 is 0 Å². The van der Waals surface area contributed by atoms with Crippen molar-refractivity contribution in [3.8, 4) is 0 Å². The first-order valence-corrected chi connectivity index (χ1v) is 8.36. The highest BCUT2D eigenvalue weighted by Gasteiger charge is 2.23. The average molecular weight is 275 g/mol. The highest BCUT2D eigenvalue weighted by molar-refractivity contribution is 5.06. The Kier molecular flexibility index (Phi) is 6.44. The van der Waals surface area contributed by atoms with Gasteiger partial charge in [-0.1, -0.05) is 26.7 Å². The Balaban J connectivity index is 1.87.